The fraction of sp³-hybridized carbons (Fsp3) is 0.333. The number of nitrogens with two attached hydrogens (primary N) is 1. The van der Waals surface area contributed by atoms with Crippen LogP contribution in [0, 0.1) is 5.82 Å². The van der Waals surface area contributed by atoms with Crippen LogP contribution in [0.3, 0.4) is 0 Å². The Morgan fingerprint density at radius 1 is 1.14 bits per heavy atom. The van der Waals surface area contributed by atoms with Gasteiger partial charge in [-0.15, -0.1) is 0 Å². The second-order valence-corrected chi connectivity index (χ2v) is 6.45. The molecular weight excluding hydrogens is 263 g/mol. The molecule has 0 aromatic heterocycles. The maximum atomic E-state index is 13.5. The number of benzene rings is 2. The summed E-state index contributed by atoms with van der Waals surface area (Å²) in [7, 11) is 0. The molecule has 1 aliphatic heterocycles. The van der Waals surface area contributed by atoms with E-state index in [9.17, 15) is 4.39 Å². The second kappa shape index (κ2) is 5.06. The first-order valence-corrected chi connectivity index (χ1v) is 7.35. The summed E-state index contributed by atoms with van der Waals surface area (Å²) < 4.78 is 13.5. The smallest absolute Gasteiger partial charge is 0.125 e. The van der Waals surface area contributed by atoms with E-state index in [2.05, 4.69) is 30.9 Å². The molecule has 2 aromatic carbocycles. The van der Waals surface area contributed by atoms with Crippen molar-refractivity contribution in [1.29, 1.82) is 0 Å². The molecule has 110 valence electrons. The molecule has 0 unspecified atom stereocenters. The fourth-order valence-electron chi connectivity index (χ4n) is 3.09. The Morgan fingerprint density at radius 3 is 2.57 bits per heavy atom. The molecule has 0 amide bonds. The molecular formula is C18H21FN2. The highest BCUT2D eigenvalue weighted by atomic mass is 19.1. The Bertz CT molecular complexity index is 647. The van der Waals surface area contributed by atoms with Crippen LogP contribution in [-0.2, 0) is 11.8 Å². The van der Waals surface area contributed by atoms with Crippen LogP contribution in [0.15, 0.2) is 42.5 Å². The van der Waals surface area contributed by atoms with E-state index in [-0.39, 0.29) is 11.2 Å². The van der Waals surface area contributed by atoms with Crippen molar-refractivity contribution in [2.45, 2.75) is 25.7 Å². The minimum absolute atomic E-state index is 0.0123. The summed E-state index contributed by atoms with van der Waals surface area (Å²) in [6.07, 6.45) is 0.993. The predicted octanol–water partition coefficient (Wildman–Crippen LogP) is 3.75. The van der Waals surface area contributed by atoms with Gasteiger partial charge in [-0.1, -0.05) is 32.0 Å². The zero-order chi connectivity index (χ0) is 15.0. The molecule has 0 saturated carbocycles. The summed E-state index contributed by atoms with van der Waals surface area (Å²) in [5, 5.41) is 0. The van der Waals surface area contributed by atoms with Gasteiger partial charge in [0.25, 0.3) is 0 Å². The van der Waals surface area contributed by atoms with Gasteiger partial charge < -0.3 is 10.6 Å². The number of halogens is 1. The van der Waals surface area contributed by atoms with Crippen LogP contribution >= 0.6 is 0 Å². The highest BCUT2D eigenvalue weighted by Gasteiger charge is 2.28. The molecule has 1 aliphatic rings. The molecule has 1 heterocycles. The lowest BCUT2D eigenvalue weighted by Gasteiger charge is -2.32. The van der Waals surface area contributed by atoms with Crippen molar-refractivity contribution in [2.24, 2.45) is 0 Å². The van der Waals surface area contributed by atoms with Crippen molar-refractivity contribution in [3.63, 3.8) is 0 Å². The van der Waals surface area contributed by atoms with Crippen LogP contribution in [0.25, 0.3) is 0 Å². The normalized spacial score (nSPS) is 14.3. The van der Waals surface area contributed by atoms with Gasteiger partial charge in [0.05, 0.1) is 0 Å². The fourth-order valence-corrected chi connectivity index (χ4v) is 3.09. The minimum Gasteiger partial charge on any atom is -0.399 e. The molecule has 2 nitrogen and oxygen atoms in total. The van der Waals surface area contributed by atoms with E-state index in [4.69, 9.17) is 5.73 Å². The molecule has 21 heavy (non-hydrogen) atoms. The Labute approximate surface area is 125 Å². The lowest BCUT2D eigenvalue weighted by Crippen LogP contribution is -2.36. The van der Waals surface area contributed by atoms with Crippen molar-refractivity contribution >= 4 is 11.4 Å². The number of rotatable bonds is 3. The van der Waals surface area contributed by atoms with E-state index in [0.717, 1.165) is 30.9 Å². The molecule has 3 rings (SSSR count). The highest BCUT2D eigenvalue weighted by Crippen LogP contribution is 2.33. The monoisotopic (exact) mass is 284 g/mol. The first kappa shape index (κ1) is 13.9. The van der Waals surface area contributed by atoms with E-state index in [0.29, 0.717) is 0 Å². The average Bonchev–Trinajstić information content (AvgIpc) is 2.81. The summed E-state index contributed by atoms with van der Waals surface area (Å²) >= 11 is 0. The third-order valence-electron chi connectivity index (χ3n) is 4.32. The molecule has 2 N–H and O–H groups in total. The Morgan fingerprint density at radius 2 is 1.86 bits per heavy atom. The third kappa shape index (κ3) is 2.73. The molecule has 0 bridgehead atoms. The summed E-state index contributed by atoms with van der Waals surface area (Å²) in [6, 6.07) is 13.1. The van der Waals surface area contributed by atoms with Crippen LogP contribution < -0.4 is 10.6 Å². The van der Waals surface area contributed by atoms with Gasteiger partial charge in [0.1, 0.15) is 5.82 Å². The third-order valence-corrected chi connectivity index (χ3v) is 4.32. The Hall–Kier alpha value is -2.03. The lowest BCUT2D eigenvalue weighted by molar-refractivity contribution is 0.515. The van der Waals surface area contributed by atoms with Crippen LogP contribution in [0.2, 0.25) is 0 Å². The van der Waals surface area contributed by atoms with Gasteiger partial charge in [0.2, 0.25) is 0 Å². The van der Waals surface area contributed by atoms with Gasteiger partial charge in [0.15, 0.2) is 0 Å². The molecule has 3 heteroatoms. The molecule has 0 fully saturated rings. The number of hydrogen-bond acceptors (Lipinski definition) is 2. The maximum Gasteiger partial charge on any atom is 0.125 e. The van der Waals surface area contributed by atoms with Gasteiger partial charge in [-0.3, -0.25) is 0 Å². The summed E-state index contributed by atoms with van der Waals surface area (Å²) in [6.45, 7) is 6.26. The van der Waals surface area contributed by atoms with Gasteiger partial charge >= 0.3 is 0 Å². The second-order valence-electron chi connectivity index (χ2n) is 6.45. The topological polar surface area (TPSA) is 29.3 Å². The quantitative estimate of drug-likeness (QED) is 0.870. The van der Waals surface area contributed by atoms with Gasteiger partial charge in [-0.05, 0) is 41.8 Å². The largest absolute Gasteiger partial charge is 0.399 e. The molecule has 0 radical (unpaired) electrons. The zero-order valence-electron chi connectivity index (χ0n) is 12.6. The first-order chi connectivity index (χ1) is 9.95. The number of anilines is 2. The Kier molecular flexibility index (Phi) is 3.36. The predicted molar refractivity (Wildman–Crippen MR) is 86.2 cm³/mol. The van der Waals surface area contributed by atoms with E-state index >= 15 is 0 Å². The number of hydrogen-bond donors (Lipinski definition) is 1. The summed E-state index contributed by atoms with van der Waals surface area (Å²) in [5.41, 5.74) is 10.1. The van der Waals surface area contributed by atoms with Gasteiger partial charge in [-0.2, -0.15) is 0 Å². The van der Waals surface area contributed by atoms with Gasteiger partial charge in [-0.25, -0.2) is 4.39 Å². The molecule has 0 saturated heterocycles. The minimum atomic E-state index is -0.161. The molecule has 0 atom stereocenters. The van der Waals surface area contributed by atoms with Crippen molar-refractivity contribution in [3.8, 4) is 0 Å². The lowest BCUT2D eigenvalue weighted by atomic mass is 9.84. The van der Waals surface area contributed by atoms with E-state index in [1.807, 2.05) is 18.2 Å². The molecule has 2 aromatic rings. The Balaban J connectivity index is 1.84. The first-order valence-electron chi connectivity index (χ1n) is 7.35. The number of fused-ring (bicyclic) bond motifs is 1. The van der Waals surface area contributed by atoms with E-state index in [1.165, 1.54) is 11.1 Å². The van der Waals surface area contributed by atoms with Crippen molar-refractivity contribution in [3.05, 3.63) is 59.4 Å². The van der Waals surface area contributed by atoms with Crippen LogP contribution in [0.4, 0.5) is 15.8 Å². The zero-order valence-corrected chi connectivity index (χ0v) is 12.6. The number of nitrogen functional groups attached to an aromatic ring is 1. The van der Waals surface area contributed by atoms with Crippen LogP contribution in [-0.4, -0.2) is 13.1 Å². The number of nitrogens with zero attached hydrogens (tertiary/aromatic N) is 1. The van der Waals surface area contributed by atoms with Crippen molar-refractivity contribution < 1.29 is 4.39 Å². The molecule has 0 spiro atoms. The van der Waals surface area contributed by atoms with Crippen molar-refractivity contribution in [1.82, 2.24) is 0 Å². The highest BCUT2D eigenvalue weighted by molar-refractivity contribution is 5.58. The SMILES string of the molecule is CC(C)(CN1CCc2ccc(F)cc21)c1ccc(N)cc1. The van der Waals surface area contributed by atoms with Crippen LogP contribution in [0.1, 0.15) is 25.0 Å². The van der Waals surface area contributed by atoms with Crippen molar-refractivity contribution in [2.75, 3.05) is 23.7 Å². The van der Waals surface area contributed by atoms with E-state index < -0.39 is 0 Å². The van der Waals surface area contributed by atoms with E-state index in [1.54, 1.807) is 12.1 Å². The van der Waals surface area contributed by atoms with Crippen LogP contribution in [0.5, 0.6) is 0 Å². The van der Waals surface area contributed by atoms with Gasteiger partial charge in [0, 0.05) is 29.9 Å². The summed E-state index contributed by atoms with van der Waals surface area (Å²) in [4.78, 5) is 2.29. The standard InChI is InChI=1S/C18H21FN2/c1-18(2,14-4-7-16(20)8-5-14)12-21-10-9-13-3-6-15(19)11-17(13)21/h3-8,11H,9-10,12,20H2,1-2H3. The summed E-state index contributed by atoms with van der Waals surface area (Å²) in [5.74, 6) is -0.161. The molecule has 0 aliphatic carbocycles. The maximum absolute atomic E-state index is 13.5. The average molecular weight is 284 g/mol.